The summed E-state index contributed by atoms with van der Waals surface area (Å²) in [6.07, 6.45) is 3.31. The summed E-state index contributed by atoms with van der Waals surface area (Å²) in [4.78, 5) is 7.89. The van der Waals surface area contributed by atoms with Crippen molar-refractivity contribution >= 4 is 11.8 Å². The fourth-order valence-electron chi connectivity index (χ4n) is 1.92. The van der Waals surface area contributed by atoms with Gasteiger partial charge < -0.3 is 10.6 Å². The Balaban J connectivity index is 2.79. The van der Waals surface area contributed by atoms with Crippen molar-refractivity contribution in [3.8, 4) is 0 Å². The van der Waals surface area contributed by atoms with E-state index in [1.54, 1.807) is 7.05 Å². The van der Waals surface area contributed by atoms with Crippen LogP contribution in [0.4, 0.5) is 16.2 Å². The fraction of sp³-hybridized carbons (Fsp3) is 0.667. The van der Waals surface area contributed by atoms with E-state index < -0.39 is 5.82 Å². The van der Waals surface area contributed by atoms with Gasteiger partial charge in [-0.1, -0.05) is 26.7 Å². The SMILES string of the molecule is CCC(CC)C(C)Nc1nc(NC)ncc1F. The van der Waals surface area contributed by atoms with Gasteiger partial charge in [0.25, 0.3) is 0 Å². The van der Waals surface area contributed by atoms with Gasteiger partial charge in [0.2, 0.25) is 5.95 Å². The molecule has 0 radical (unpaired) electrons. The summed E-state index contributed by atoms with van der Waals surface area (Å²) in [5, 5.41) is 5.92. The Morgan fingerprint density at radius 2 is 2.00 bits per heavy atom. The van der Waals surface area contributed by atoms with Crippen LogP contribution in [0.15, 0.2) is 6.20 Å². The lowest BCUT2D eigenvalue weighted by atomic mass is 9.95. The van der Waals surface area contributed by atoms with E-state index in [0.29, 0.717) is 11.9 Å². The minimum atomic E-state index is -0.415. The average Bonchev–Trinajstić information content (AvgIpc) is 2.33. The van der Waals surface area contributed by atoms with Crippen LogP contribution in [0.1, 0.15) is 33.6 Å². The molecule has 0 spiro atoms. The molecule has 2 N–H and O–H groups in total. The molecule has 0 bridgehead atoms. The zero-order chi connectivity index (χ0) is 12.8. The number of nitrogens with zero attached hydrogens (tertiary/aromatic N) is 2. The van der Waals surface area contributed by atoms with Gasteiger partial charge >= 0.3 is 0 Å². The third-order valence-corrected chi connectivity index (χ3v) is 3.09. The topological polar surface area (TPSA) is 49.8 Å². The molecular formula is C12H21FN4. The predicted molar refractivity (Wildman–Crippen MR) is 68.7 cm³/mol. The monoisotopic (exact) mass is 240 g/mol. The van der Waals surface area contributed by atoms with Crippen molar-refractivity contribution in [3.05, 3.63) is 12.0 Å². The summed E-state index contributed by atoms with van der Waals surface area (Å²) < 4.78 is 13.5. The maximum absolute atomic E-state index is 13.5. The van der Waals surface area contributed by atoms with E-state index >= 15 is 0 Å². The molecular weight excluding hydrogens is 219 g/mol. The van der Waals surface area contributed by atoms with Crippen LogP contribution >= 0.6 is 0 Å². The highest BCUT2D eigenvalue weighted by molar-refractivity contribution is 5.41. The second-order valence-electron chi connectivity index (χ2n) is 4.15. The van der Waals surface area contributed by atoms with Crippen LogP contribution in [0, 0.1) is 11.7 Å². The number of halogens is 1. The molecule has 0 aliphatic rings. The fourth-order valence-corrected chi connectivity index (χ4v) is 1.92. The van der Waals surface area contributed by atoms with Gasteiger partial charge in [0.15, 0.2) is 11.6 Å². The van der Waals surface area contributed by atoms with Crippen molar-refractivity contribution in [3.63, 3.8) is 0 Å². The quantitative estimate of drug-likeness (QED) is 0.802. The van der Waals surface area contributed by atoms with Gasteiger partial charge in [-0.25, -0.2) is 9.37 Å². The Hall–Kier alpha value is -1.39. The Bertz CT molecular complexity index is 352. The smallest absolute Gasteiger partial charge is 0.224 e. The summed E-state index contributed by atoms with van der Waals surface area (Å²) in [5.74, 6) is 0.790. The third-order valence-electron chi connectivity index (χ3n) is 3.09. The molecule has 1 rings (SSSR count). The van der Waals surface area contributed by atoms with Gasteiger partial charge in [-0.15, -0.1) is 0 Å². The number of rotatable bonds is 6. The number of hydrogen-bond donors (Lipinski definition) is 2. The average molecular weight is 240 g/mol. The second-order valence-corrected chi connectivity index (χ2v) is 4.15. The van der Waals surface area contributed by atoms with Crippen LogP contribution in [0.5, 0.6) is 0 Å². The van der Waals surface area contributed by atoms with Crippen LogP contribution in [-0.4, -0.2) is 23.1 Å². The summed E-state index contributed by atoms with van der Waals surface area (Å²) >= 11 is 0. The highest BCUT2D eigenvalue weighted by atomic mass is 19.1. The molecule has 0 saturated heterocycles. The van der Waals surface area contributed by atoms with Crippen LogP contribution in [0.25, 0.3) is 0 Å². The second kappa shape index (κ2) is 6.37. The van der Waals surface area contributed by atoms with Gasteiger partial charge in [0.05, 0.1) is 6.20 Å². The Morgan fingerprint density at radius 3 is 2.53 bits per heavy atom. The number of aromatic nitrogens is 2. The van der Waals surface area contributed by atoms with Crippen LogP contribution in [-0.2, 0) is 0 Å². The molecule has 0 aromatic carbocycles. The largest absolute Gasteiger partial charge is 0.365 e. The van der Waals surface area contributed by atoms with Crippen molar-refractivity contribution in [2.75, 3.05) is 17.7 Å². The molecule has 0 aliphatic heterocycles. The van der Waals surface area contributed by atoms with E-state index in [0.717, 1.165) is 12.8 Å². The van der Waals surface area contributed by atoms with Crippen molar-refractivity contribution in [2.24, 2.45) is 5.92 Å². The van der Waals surface area contributed by atoms with Crippen molar-refractivity contribution in [1.82, 2.24) is 9.97 Å². The van der Waals surface area contributed by atoms with E-state index in [1.165, 1.54) is 6.20 Å². The van der Waals surface area contributed by atoms with E-state index in [2.05, 4.69) is 41.4 Å². The first-order chi connectivity index (χ1) is 8.12. The van der Waals surface area contributed by atoms with E-state index in [4.69, 9.17) is 0 Å². The molecule has 1 aromatic rings. The van der Waals surface area contributed by atoms with Crippen LogP contribution in [0.2, 0.25) is 0 Å². The normalized spacial score (nSPS) is 12.6. The standard InChI is InChI=1S/C12H21FN4/c1-5-9(6-2)8(3)16-11-10(13)7-15-12(14-4)17-11/h7-9H,5-6H2,1-4H3,(H2,14,15,16,17). The first-order valence-corrected chi connectivity index (χ1v) is 6.09. The highest BCUT2D eigenvalue weighted by Crippen LogP contribution is 2.19. The van der Waals surface area contributed by atoms with Crippen molar-refractivity contribution < 1.29 is 4.39 Å². The summed E-state index contributed by atoms with van der Waals surface area (Å²) in [7, 11) is 1.71. The Labute approximate surface area is 102 Å². The zero-order valence-corrected chi connectivity index (χ0v) is 10.9. The van der Waals surface area contributed by atoms with Crippen LogP contribution < -0.4 is 10.6 Å². The molecule has 4 nitrogen and oxygen atoms in total. The molecule has 1 atom stereocenters. The van der Waals surface area contributed by atoms with E-state index in [9.17, 15) is 4.39 Å². The van der Waals surface area contributed by atoms with Gasteiger partial charge in [-0.2, -0.15) is 4.98 Å². The third kappa shape index (κ3) is 3.54. The summed E-state index contributed by atoms with van der Waals surface area (Å²) in [6.45, 7) is 6.34. The minimum absolute atomic E-state index is 0.194. The first kappa shape index (κ1) is 13.7. The molecule has 0 aliphatic carbocycles. The predicted octanol–water partition coefficient (Wildman–Crippen LogP) is 2.89. The Morgan fingerprint density at radius 1 is 1.35 bits per heavy atom. The van der Waals surface area contributed by atoms with Crippen molar-refractivity contribution in [2.45, 2.75) is 39.7 Å². The van der Waals surface area contributed by atoms with Gasteiger partial charge in [-0.3, -0.25) is 0 Å². The number of nitrogens with one attached hydrogen (secondary N) is 2. The van der Waals surface area contributed by atoms with Gasteiger partial charge in [-0.05, 0) is 12.8 Å². The number of anilines is 2. The molecule has 0 amide bonds. The van der Waals surface area contributed by atoms with Gasteiger partial charge in [0, 0.05) is 13.1 Å². The lowest BCUT2D eigenvalue weighted by molar-refractivity contribution is 0.435. The molecule has 1 heterocycles. The molecule has 0 saturated carbocycles. The lowest BCUT2D eigenvalue weighted by Crippen LogP contribution is -2.26. The summed E-state index contributed by atoms with van der Waals surface area (Å²) in [6, 6.07) is 0.194. The first-order valence-electron chi connectivity index (χ1n) is 6.09. The maximum Gasteiger partial charge on any atom is 0.224 e. The van der Waals surface area contributed by atoms with Gasteiger partial charge in [0.1, 0.15) is 0 Å². The molecule has 96 valence electrons. The molecule has 1 unspecified atom stereocenters. The molecule has 1 aromatic heterocycles. The van der Waals surface area contributed by atoms with E-state index in [1.807, 2.05) is 0 Å². The number of hydrogen-bond acceptors (Lipinski definition) is 4. The molecule has 17 heavy (non-hydrogen) atoms. The van der Waals surface area contributed by atoms with Crippen LogP contribution in [0.3, 0.4) is 0 Å². The molecule has 5 heteroatoms. The lowest BCUT2D eigenvalue weighted by Gasteiger charge is -2.23. The van der Waals surface area contributed by atoms with Crippen molar-refractivity contribution in [1.29, 1.82) is 0 Å². The minimum Gasteiger partial charge on any atom is -0.365 e. The zero-order valence-electron chi connectivity index (χ0n) is 10.9. The highest BCUT2D eigenvalue weighted by Gasteiger charge is 2.16. The molecule has 0 fully saturated rings. The Kier molecular flexibility index (Phi) is 5.12. The van der Waals surface area contributed by atoms with E-state index in [-0.39, 0.29) is 11.9 Å². The summed E-state index contributed by atoms with van der Waals surface area (Å²) in [5.41, 5.74) is 0. The maximum atomic E-state index is 13.5.